The molecule has 298 valence electrons. The van der Waals surface area contributed by atoms with Crippen LogP contribution in [-0.4, -0.2) is 124 Å². The van der Waals surface area contributed by atoms with E-state index in [9.17, 15) is 48.6 Å². The summed E-state index contributed by atoms with van der Waals surface area (Å²) in [6, 6.07) is -7.40. The van der Waals surface area contributed by atoms with E-state index in [1.807, 2.05) is 0 Å². The van der Waals surface area contributed by atoms with Gasteiger partial charge in [0.2, 0.25) is 41.4 Å². The minimum atomic E-state index is -1.54. The number of rotatable bonds is 24. The van der Waals surface area contributed by atoms with Crippen molar-refractivity contribution in [3.05, 3.63) is 0 Å². The Hall–Kier alpha value is -4.36. The Balaban J connectivity index is 5.72. The maximum Gasteiger partial charge on any atom is 0.325 e. The first-order valence-corrected chi connectivity index (χ1v) is 17.6. The molecule has 0 aromatic rings. The second-order valence-electron chi connectivity index (χ2n) is 13.2. The molecule has 0 fully saturated rings. The van der Waals surface area contributed by atoms with Gasteiger partial charge in [0.05, 0.1) is 12.6 Å². The zero-order valence-electron chi connectivity index (χ0n) is 31.4. The lowest BCUT2D eigenvalue weighted by molar-refractivity contribution is -0.142. The first kappa shape index (κ1) is 47.6. The van der Waals surface area contributed by atoms with Crippen LogP contribution in [0.5, 0.6) is 0 Å². The number of hydrogen-bond acceptors (Lipinski definition) is 11. The van der Waals surface area contributed by atoms with Crippen molar-refractivity contribution in [2.75, 3.05) is 13.1 Å². The zero-order chi connectivity index (χ0) is 40.3. The summed E-state index contributed by atoms with van der Waals surface area (Å²) >= 11 is 0. The minimum absolute atomic E-state index is 0.0811. The van der Waals surface area contributed by atoms with Gasteiger partial charge in [-0.15, -0.1) is 0 Å². The second-order valence-corrected chi connectivity index (χ2v) is 13.2. The van der Waals surface area contributed by atoms with Gasteiger partial charge in [-0.1, -0.05) is 41.0 Å². The molecule has 12 N–H and O–H groups in total. The van der Waals surface area contributed by atoms with Gasteiger partial charge >= 0.3 is 5.97 Å². The Bertz CT molecular complexity index is 1230. The van der Waals surface area contributed by atoms with Crippen LogP contribution in [0.3, 0.4) is 0 Å². The predicted molar refractivity (Wildman–Crippen MR) is 189 cm³/mol. The molecule has 0 rings (SSSR count). The molecule has 19 nitrogen and oxygen atoms in total. The van der Waals surface area contributed by atoms with E-state index in [0.29, 0.717) is 25.8 Å². The number of nitrogens with two attached hydrogens (primary N) is 1. The number of hydrogen-bond donors (Lipinski definition) is 11. The summed E-state index contributed by atoms with van der Waals surface area (Å²) in [5.41, 5.74) is 5.56. The van der Waals surface area contributed by atoms with Gasteiger partial charge in [-0.25, -0.2) is 0 Å². The SMILES string of the molecule is CCC(O)C(=O)N[C@@H](C)C(=O)N[C@H](C(=O)N[C@H](C(=O)NCC(=O)N[C@@H](CCCCN)C(=O)N[C@H](C(=O)N[C@@H](C)C(=O)O)[C@@H](C)O)[C@@H](C)CC)C(C)C. The van der Waals surface area contributed by atoms with Crippen LogP contribution in [0.1, 0.15) is 87.5 Å². The van der Waals surface area contributed by atoms with Crippen molar-refractivity contribution in [2.24, 2.45) is 17.6 Å². The molecule has 0 saturated heterocycles. The van der Waals surface area contributed by atoms with Crippen LogP contribution in [0.25, 0.3) is 0 Å². The van der Waals surface area contributed by atoms with Gasteiger partial charge < -0.3 is 58.3 Å². The summed E-state index contributed by atoms with van der Waals surface area (Å²) in [6.07, 6.45) is -1.17. The molecule has 0 heterocycles. The van der Waals surface area contributed by atoms with Crippen molar-refractivity contribution in [1.29, 1.82) is 0 Å². The average molecular weight is 745 g/mol. The van der Waals surface area contributed by atoms with E-state index in [4.69, 9.17) is 10.8 Å². The lowest BCUT2D eigenvalue weighted by Gasteiger charge is -2.29. The normalized spacial score (nSPS) is 16.3. The van der Waals surface area contributed by atoms with Crippen LogP contribution in [0.2, 0.25) is 0 Å². The number of unbranched alkanes of at least 4 members (excludes halogenated alkanes) is 1. The first-order valence-electron chi connectivity index (χ1n) is 17.6. The molecule has 0 saturated carbocycles. The molecule has 0 aromatic heterocycles. The van der Waals surface area contributed by atoms with Crippen molar-refractivity contribution in [2.45, 2.75) is 136 Å². The maximum absolute atomic E-state index is 13.4. The lowest BCUT2D eigenvalue weighted by Crippen LogP contribution is -2.60. The molecule has 1 unspecified atom stereocenters. The highest BCUT2D eigenvalue weighted by molar-refractivity contribution is 5.96. The molecule has 0 spiro atoms. The van der Waals surface area contributed by atoms with Crippen molar-refractivity contribution in [3.8, 4) is 0 Å². The highest BCUT2D eigenvalue weighted by Crippen LogP contribution is 2.11. The third-order valence-corrected chi connectivity index (χ3v) is 8.30. The molecular weight excluding hydrogens is 684 g/mol. The minimum Gasteiger partial charge on any atom is -0.480 e. The number of amides is 7. The van der Waals surface area contributed by atoms with E-state index in [0.717, 1.165) is 0 Å². The average Bonchev–Trinajstić information content (AvgIpc) is 3.08. The van der Waals surface area contributed by atoms with E-state index in [2.05, 4.69) is 37.2 Å². The molecule has 0 bridgehead atoms. The molecule has 0 aliphatic rings. The van der Waals surface area contributed by atoms with Crippen molar-refractivity contribution < 1.29 is 53.7 Å². The molecule has 9 atom stereocenters. The molecule has 52 heavy (non-hydrogen) atoms. The first-order chi connectivity index (χ1) is 24.2. The summed E-state index contributed by atoms with van der Waals surface area (Å²) < 4.78 is 0. The maximum atomic E-state index is 13.4. The van der Waals surface area contributed by atoms with Gasteiger partial charge in [0.1, 0.15) is 42.4 Å². The van der Waals surface area contributed by atoms with E-state index in [-0.39, 0.29) is 12.8 Å². The number of nitrogens with one attached hydrogen (secondary N) is 7. The number of carboxylic acids is 1. The molecule has 7 amide bonds. The Labute approximate surface area is 304 Å². The van der Waals surface area contributed by atoms with Crippen molar-refractivity contribution >= 4 is 47.3 Å². The molecule has 19 heteroatoms. The Kier molecular flexibility index (Phi) is 22.0. The number of aliphatic carboxylic acids is 1. The fraction of sp³-hybridized carbons (Fsp3) is 0.758. The Morgan fingerprint density at radius 3 is 1.63 bits per heavy atom. The largest absolute Gasteiger partial charge is 0.480 e. The highest BCUT2D eigenvalue weighted by Gasteiger charge is 2.34. The third-order valence-electron chi connectivity index (χ3n) is 8.30. The summed E-state index contributed by atoms with van der Waals surface area (Å²) in [5.74, 6) is -7.62. The monoisotopic (exact) mass is 744 g/mol. The smallest absolute Gasteiger partial charge is 0.325 e. The fourth-order valence-corrected chi connectivity index (χ4v) is 4.63. The number of carbonyl (C=O) groups is 8. The van der Waals surface area contributed by atoms with Gasteiger partial charge in [0, 0.05) is 0 Å². The van der Waals surface area contributed by atoms with E-state index in [1.165, 1.54) is 20.8 Å². The van der Waals surface area contributed by atoms with E-state index in [1.54, 1.807) is 34.6 Å². The van der Waals surface area contributed by atoms with Crippen molar-refractivity contribution in [3.63, 3.8) is 0 Å². The zero-order valence-corrected chi connectivity index (χ0v) is 31.4. The number of aliphatic hydroxyl groups is 2. The number of carboxylic acid groups (broad SMARTS) is 1. The predicted octanol–water partition coefficient (Wildman–Crippen LogP) is -2.88. The molecule has 0 aromatic carbocycles. The summed E-state index contributed by atoms with van der Waals surface area (Å²) in [7, 11) is 0. The van der Waals surface area contributed by atoms with E-state index < -0.39 is 114 Å². The Morgan fingerprint density at radius 1 is 0.596 bits per heavy atom. The highest BCUT2D eigenvalue weighted by atomic mass is 16.4. The fourth-order valence-electron chi connectivity index (χ4n) is 4.63. The summed E-state index contributed by atoms with van der Waals surface area (Å²) in [6.45, 7) is 11.9. The topological polar surface area (TPSA) is 307 Å². The summed E-state index contributed by atoms with van der Waals surface area (Å²) in [4.78, 5) is 101. The lowest BCUT2D eigenvalue weighted by atomic mass is 9.96. The van der Waals surface area contributed by atoms with Crippen molar-refractivity contribution in [1.82, 2.24) is 37.2 Å². The number of aliphatic hydroxyl groups excluding tert-OH is 2. The van der Waals surface area contributed by atoms with Gasteiger partial charge in [-0.3, -0.25) is 38.4 Å². The summed E-state index contributed by atoms with van der Waals surface area (Å²) in [5, 5.41) is 46.0. The van der Waals surface area contributed by atoms with Crippen LogP contribution in [0, 0.1) is 11.8 Å². The quantitative estimate of drug-likeness (QED) is 0.0444. The standard InChI is InChI=1S/C33H60N8O11/c1-9-17(5)25(40-31(49)24(16(3)4)39-27(45)18(6)36-29(47)22(43)10-2)30(48)35-15-23(44)38-21(13-11-12-14-34)28(46)41-26(20(8)42)32(50)37-19(7)33(51)52/h16-22,24-26,42-43H,9-15,34H2,1-8H3,(H,35,48)(H,36,47)(H,37,50)(H,38,44)(H,39,45)(H,40,49)(H,41,46)(H,51,52)/t17-,18-,19-,20+,21-,22?,24-,25-,26-/m0/s1. The number of carbonyl (C=O) groups excluding carboxylic acids is 7. The van der Waals surface area contributed by atoms with Gasteiger partial charge in [0.15, 0.2) is 0 Å². The molecule has 0 radical (unpaired) electrons. The third kappa shape index (κ3) is 16.8. The van der Waals surface area contributed by atoms with Gasteiger partial charge in [0.25, 0.3) is 0 Å². The molecule has 0 aliphatic carbocycles. The van der Waals surface area contributed by atoms with Crippen LogP contribution >= 0.6 is 0 Å². The van der Waals surface area contributed by atoms with Crippen LogP contribution in [-0.2, 0) is 38.4 Å². The Morgan fingerprint density at radius 2 is 1.13 bits per heavy atom. The van der Waals surface area contributed by atoms with Crippen LogP contribution < -0.4 is 43.0 Å². The van der Waals surface area contributed by atoms with E-state index >= 15 is 0 Å². The van der Waals surface area contributed by atoms with Gasteiger partial charge in [-0.05, 0) is 64.8 Å². The second kappa shape index (κ2) is 24.0. The van der Waals surface area contributed by atoms with Crippen LogP contribution in [0.4, 0.5) is 0 Å². The molecule has 0 aliphatic heterocycles. The van der Waals surface area contributed by atoms with Crippen LogP contribution in [0.15, 0.2) is 0 Å². The molecular formula is C33H60N8O11. The van der Waals surface area contributed by atoms with Gasteiger partial charge in [-0.2, -0.15) is 0 Å².